The topological polar surface area (TPSA) is 42.4 Å². The van der Waals surface area contributed by atoms with Crippen molar-refractivity contribution >= 4 is 28.6 Å². The Balaban J connectivity index is 1.67. The maximum atomic E-state index is 12.5. The first-order chi connectivity index (χ1) is 10.1. The molecule has 3 heterocycles. The van der Waals surface area contributed by atoms with Gasteiger partial charge < -0.3 is 9.64 Å². The lowest BCUT2D eigenvalue weighted by atomic mass is 10.2. The maximum absolute atomic E-state index is 12.5. The summed E-state index contributed by atoms with van der Waals surface area (Å²) >= 11 is 3.26. The van der Waals surface area contributed by atoms with Gasteiger partial charge in [0.2, 0.25) is 5.91 Å². The normalized spacial score (nSPS) is 22.5. The molecule has 0 spiro atoms. The zero-order valence-corrected chi connectivity index (χ0v) is 13.7. The highest BCUT2D eigenvalue weighted by Crippen LogP contribution is 2.26. The Morgan fingerprint density at radius 3 is 3.10 bits per heavy atom. The van der Waals surface area contributed by atoms with Crippen LogP contribution in [0.25, 0.3) is 10.6 Å². The number of morpholine rings is 1. The molecule has 6 heteroatoms. The monoisotopic (exact) mass is 322 g/mol. The molecule has 1 amide bonds. The number of rotatable bonds is 3. The Kier molecular flexibility index (Phi) is 4.37. The minimum atomic E-state index is 0.113. The Labute approximate surface area is 132 Å². The third-order valence-corrected chi connectivity index (χ3v) is 5.20. The van der Waals surface area contributed by atoms with E-state index in [4.69, 9.17) is 4.74 Å². The molecule has 3 rings (SSSR count). The zero-order valence-electron chi connectivity index (χ0n) is 12.1. The van der Waals surface area contributed by atoms with E-state index >= 15 is 0 Å². The largest absolute Gasteiger partial charge is 0.375 e. The van der Waals surface area contributed by atoms with Crippen LogP contribution in [0.15, 0.2) is 22.2 Å². The predicted octanol–water partition coefficient (Wildman–Crippen LogP) is 3.05. The lowest BCUT2D eigenvalue weighted by Crippen LogP contribution is -2.50. The van der Waals surface area contributed by atoms with E-state index in [1.54, 1.807) is 22.7 Å². The fourth-order valence-electron chi connectivity index (χ4n) is 2.41. The second-order valence-corrected chi connectivity index (χ2v) is 7.01. The molecule has 0 aliphatic carbocycles. The second-order valence-electron chi connectivity index (χ2n) is 5.37. The number of thiazole rings is 1. The number of nitrogens with zero attached hydrogens (tertiary/aromatic N) is 2. The summed E-state index contributed by atoms with van der Waals surface area (Å²) in [7, 11) is 0. The van der Waals surface area contributed by atoms with Gasteiger partial charge in [-0.1, -0.05) is 0 Å². The van der Waals surface area contributed by atoms with E-state index in [1.165, 1.54) is 0 Å². The van der Waals surface area contributed by atoms with E-state index < -0.39 is 0 Å². The third-order valence-electron chi connectivity index (χ3n) is 3.58. The summed E-state index contributed by atoms with van der Waals surface area (Å²) in [6.07, 6.45) is 0.486. The molecule has 0 radical (unpaired) electrons. The number of hydrogen-bond donors (Lipinski definition) is 0. The van der Waals surface area contributed by atoms with Crippen LogP contribution in [0.2, 0.25) is 0 Å². The third kappa shape index (κ3) is 3.33. The molecule has 21 heavy (non-hydrogen) atoms. The summed E-state index contributed by atoms with van der Waals surface area (Å²) in [5, 5.41) is 7.09. The van der Waals surface area contributed by atoms with Crippen LogP contribution < -0.4 is 0 Å². The van der Waals surface area contributed by atoms with Crippen LogP contribution in [0.5, 0.6) is 0 Å². The quantitative estimate of drug-likeness (QED) is 0.872. The number of ether oxygens (including phenoxy) is 1. The van der Waals surface area contributed by atoms with Gasteiger partial charge in [-0.2, -0.15) is 11.3 Å². The predicted molar refractivity (Wildman–Crippen MR) is 85.7 cm³/mol. The summed E-state index contributed by atoms with van der Waals surface area (Å²) in [6, 6.07) is 2.20. The van der Waals surface area contributed by atoms with Gasteiger partial charge >= 0.3 is 0 Å². The lowest BCUT2D eigenvalue weighted by Gasteiger charge is -2.36. The number of hydrogen-bond acceptors (Lipinski definition) is 5. The van der Waals surface area contributed by atoms with E-state index in [2.05, 4.69) is 16.4 Å². The highest BCUT2D eigenvalue weighted by atomic mass is 32.1. The fourth-order valence-corrected chi connectivity index (χ4v) is 3.95. The molecular weight excluding hydrogens is 304 g/mol. The maximum Gasteiger partial charge on any atom is 0.229 e. The summed E-state index contributed by atoms with van der Waals surface area (Å²) in [4.78, 5) is 18.9. The number of amides is 1. The van der Waals surface area contributed by atoms with Crippen molar-refractivity contribution in [2.75, 3.05) is 13.2 Å². The van der Waals surface area contributed by atoms with Gasteiger partial charge in [0.1, 0.15) is 5.01 Å². The molecule has 112 valence electrons. The molecule has 0 N–H and O–H groups in total. The molecule has 2 aromatic heterocycles. The van der Waals surface area contributed by atoms with Gasteiger partial charge in [0.15, 0.2) is 0 Å². The van der Waals surface area contributed by atoms with Gasteiger partial charge in [-0.3, -0.25) is 4.79 Å². The summed E-state index contributed by atoms with van der Waals surface area (Å²) < 4.78 is 5.57. The number of carbonyl (C=O) groups excluding carboxylic acids is 1. The summed E-state index contributed by atoms with van der Waals surface area (Å²) in [6.45, 7) is 5.32. The number of carbonyl (C=O) groups is 1. The summed E-state index contributed by atoms with van der Waals surface area (Å²) in [5.41, 5.74) is 2.00. The van der Waals surface area contributed by atoms with Gasteiger partial charge in [-0.25, -0.2) is 4.98 Å². The minimum absolute atomic E-state index is 0.113. The van der Waals surface area contributed by atoms with Gasteiger partial charge in [0.05, 0.1) is 30.9 Å². The molecule has 4 nitrogen and oxygen atoms in total. The van der Waals surface area contributed by atoms with Gasteiger partial charge in [0.25, 0.3) is 0 Å². The van der Waals surface area contributed by atoms with Crippen molar-refractivity contribution in [3.05, 3.63) is 27.9 Å². The van der Waals surface area contributed by atoms with Crippen molar-refractivity contribution in [2.45, 2.75) is 32.4 Å². The van der Waals surface area contributed by atoms with Crippen molar-refractivity contribution in [2.24, 2.45) is 0 Å². The number of aromatic nitrogens is 1. The molecule has 1 saturated heterocycles. The molecule has 1 aliphatic heterocycles. The van der Waals surface area contributed by atoms with E-state index in [9.17, 15) is 4.79 Å². The van der Waals surface area contributed by atoms with Crippen LogP contribution in [-0.2, 0) is 16.0 Å². The van der Waals surface area contributed by atoms with Crippen molar-refractivity contribution in [1.82, 2.24) is 9.88 Å². The standard InChI is InChI=1S/C15H18N2O2S2/c1-10-7-19-11(2)6-17(10)14(18)5-13-9-21-15(16-13)12-3-4-20-8-12/h3-4,8-11H,5-7H2,1-2H3. The van der Waals surface area contributed by atoms with Gasteiger partial charge in [-0.15, -0.1) is 11.3 Å². The average molecular weight is 322 g/mol. The SMILES string of the molecule is CC1CN(C(=O)Cc2csc(-c3ccsc3)n2)C(C)CO1. The Morgan fingerprint density at radius 1 is 1.48 bits per heavy atom. The Bertz CT molecular complexity index is 609. The molecule has 1 fully saturated rings. The highest BCUT2D eigenvalue weighted by molar-refractivity contribution is 7.14. The second kappa shape index (κ2) is 6.25. The first-order valence-electron chi connectivity index (χ1n) is 7.01. The molecule has 2 unspecified atom stereocenters. The van der Waals surface area contributed by atoms with Crippen LogP contribution in [0.3, 0.4) is 0 Å². The van der Waals surface area contributed by atoms with Crippen molar-refractivity contribution in [3.63, 3.8) is 0 Å². The van der Waals surface area contributed by atoms with E-state index in [0.29, 0.717) is 19.6 Å². The Morgan fingerprint density at radius 2 is 2.33 bits per heavy atom. The van der Waals surface area contributed by atoms with Crippen LogP contribution in [0, 0.1) is 0 Å². The molecule has 2 aromatic rings. The van der Waals surface area contributed by atoms with E-state index in [1.807, 2.05) is 29.5 Å². The van der Waals surface area contributed by atoms with Gasteiger partial charge in [0, 0.05) is 22.9 Å². The lowest BCUT2D eigenvalue weighted by molar-refractivity contribution is -0.142. The molecule has 0 bridgehead atoms. The molecule has 0 saturated carbocycles. The highest BCUT2D eigenvalue weighted by Gasteiger charge is 2.27. The molecule has 1 aliphatic rings. The zero-order chi connectivity index (χ0) is 14.8. The number of thiophene rings is 1. The van der Waals surface area contributed by atoms with Crippen molar-refractivity contribution in [1.29, 1.82) is 0 Å². The average Bonchev–Trinajstić information content (AvgIpc) is 3.11. The van der Waals surface area contributed by atoms with Crippen LogP contribution in [0.1, 0.15) is 19.5 Å². The first-order valence-corrected chi connectivity index (χ1v) is 8.84. The van der Waals surface area contributed by atoms with Gasteiger partial charge in [-0.05, 0) is 25.3 Å². The van der Waals surface area contributed by atoms with Crippen molar-refractivity contribution < 1.29 is 9.53 Å². The van der Waals surface area contributed by atoms with Crippen molar-refractivity contribution in [3.8, 4) is 10.6 Å². The minimum Gasteiger partial charge on any atom is -0.375 e. The fraction of sp³-hybridized carbons (Fsp3) is 0.467. The van der Waals surface area contributed by atoms with Crippen LogP contribution in [0.4, 0.5) is 0 Å². The Hall–Kier alpha value is -1.24. The van der Waals surface area contributed by atoms with E-state index in [-0.39, 0.29) is 18.1 Å². The smallest absolute Gasteiger partial charge is 0.229 e. The van der Waals surface area contributed by atoms with Crippen LogP contribution >= 0.6 is 22.7 Å². The first kappa shape index (κ1) is 14.7. The molecular formula is C15H18N2O2S2. The summed E-state index contributed by atoms with van der Waals surface area (Å²) in [5.74, 6) is 0.139. The molecule has 0 aromatic carbocycles. The van der Waals surface area contributed by atoms with Crippen LogP contribution in [-0.4, -0.2) is 41.1 Å². The van der Waals surface area contributed by atoms with E-state index in [0.717, 1.165) is 16.3 Å². The molecule has 2 atom stereocenters.